The topological polar surface area (TPSA) is 83.3 Å². The molecule has 0 unspecified atom stereocenters. The Balaban J connectivity index is 1.74. The summed E-state index contributed by atoms with van der Waals surface area (Å²) in [5.74, 6) is -1.84. The Bertz CT molecular complexity index is 1170. The first-order valence-corrected chi connectivity index (χ1v) is 9.93. The fourth-order valence-corrected chi connectivity index (χ4v) is 5.28. The second kappa shape index (κ2) is 6.26. The van der Waals surface area contributed by atoms with Crippen LogP contribution in [0.25, 0.3) is 15.7 Å². The number of rotatable bonds is 2. The summed E-state index contributed by atoms with van der Waals surface area (Å²) in [7, 11) is 0. The van der Waals surface area contributed by atoms with Gasteiger partial charge in [-0.05, 0) is 19.1 Å². The molecule has 2 aromatic heterocycles. The van der Waals surface area contributed by atoms with Crippen molar-refractivity contribution in [3.05, 3.63) is 44.8 Å². The number of anilines is 1. The van der Waals surface area contributed by atoms with E-state index in [1.807, 2.05) is 11.8 Å². The van der Waals surface area contributed by atoms with Gasteiger partial charge in [0.05, 0.1) is 35.3 Å². The third kappa shape index (κ3) is 2.47. The molecule has 2 fully saturated rings. The van der Waals surface area contributed by atoms with E-state index >= 15 is 0 Å². The number of aromatic carboxylic acids is 1. The van der Waals surface area contributed by atoms with Gasteiger partial charge in [0.25, 0.3) is 0 Å². The number of aryl methyl sites for hydroxylation is 1. The van der Waals surface area contributed by atoms with Gasteiger partial charge >= 0.3 is 5.97 Å². The lowest BCUT2D eigenvalue weighted by Crippen LogP contribution is -2.47. The smallest absolute Gasteiger partial charge is 0.342 e. The first-order chi connectivity index (χ1) is 13.5. The fourth-order valence-electron chi connectivity index (χ4n) is 4.25. The zero-order valence-corrected chi connectivity index (χ0v) is 15.9. The monoisotopic (exact) mass is 403 g/mol. The minimum Gasteiger partial charge on any atom is -0.477 e. The molecule has 146 valence electrons. The third-order valence-electron chi connectivity index (χ3n) is 5.55. The van der Waals surface area contributed by atoms with Crippen LogP contribution in [-0.4, -0.2) is 53.9 Å². The zero-order valence-electron chi connectivity index (χ0n) is 15.1. The van der Waals surface area contributed by atoms with E-state index in [2.05, 4.69) is 5.32 Å². The number of pyridine rings is 1. The Morgan fingerprint density at radius 1 is 1.39 bits per heavy atom. The number of halogens is 1. The largest absolute Gasteiger partial charge is 0.477 e. The molecule has 2 atom stereocenters. The van der Waals surface area contributed by atoms with Crippen LogP contribution in [0.3, 0.4) is 0 Å². The van der Waals surface area contributed by atoms with Gasteiger partial charge in [0.15, 0.2) is 0 Å². The van der Waals surface area contributed by atoms with Gasteiger partial charge < -0.3 is 24.5 Å². The zero-order chi connectivity index (χ0) is 19.6. The average molecular weight is 403 g/mol. The van der Waals surface area contributed by atoms with Crippen LogP contribution in [0.2, 0.25) is 0 Å². The fraction of sp³-hybridized carbons (Fsp3) is 0.368. The van der Waals surface area contributed by atoms with Crippen molar-refractivity contribution in [2.75, 3.05) is 31.1 Å². The number of morpholine rings is 1. The van der Waals surface area contributed by atoms with Crippen LogP contribution in [0.15, 0.2) is 22.3 Å². The molecule has 0 saturated carbocycles. The molecule has 0 radical (unpaired) electrons. The second-order valence-electron chi connectivity index (χ2n) is 7.22. The Hall–Kier alpha value is -2.49. The molecule has 7 nitrogen and oxygen atoms in total. The average Bonchev–Trinajstić information content (AvgIpc) is 3.25. The van der Waals surface area contributed by atoms with E-state index in [0.29, 0.717) is 35.7 Å². The van der Waals surface area contributed by atoms with Gasteiger partial charge in [-0.2, -0.15) is 0 Å². The maximum atomic E-state index is 15.0. The number of hydrogen-bond acceptors (Lipinski definition) is 6. The van der Waals surface area contributed by atoms with E-state index in [-0.39, 0.29) is 23.1 Å². The molecule has 1 aromatic carbocycles. The Morgan fingerprint density at radius 3 is 2.96 bits per heavy atom. The maximum absolute atomic E-state index is 15.0. The van der Waals surface area contributed by atoms with E-state index in [4.69, 9.17) is 4.74 Å². The molecule has 0 bridgehead atoms. The number of carbonyl (C=O) groups is 1. The molecule has 2 aliphatic rings. The van der Waals surface area contributed by atoms with Crippen LogP contribution in [-0.2, 0) is 4.74 Å². The van der Waals surface area contributed by atoms with Crippen molar-refractivity contribution in [3.63, 3.8) is 0 Å². The molecule has 5 rings (SSSR count). The summed E-state index contributed by atoms with van der Waals surface area (Å²) >= 11 is 1.20. The normalized spacial score (nSPS) is 22.1. The lowest BCUT2D eigenvalue weighted by molar-refractivity contribution is 0.0212. The number of carboxylic acid groups (broad SMARTS) is 1. The maximum Gasteiger partial charge on any atom is 0.342 e. The highest BCUT2D eigenvalue weighted by Crippen LogP contribution is 2.32. The number of carboxylic acids is 1. The molecule has 2 N–H and O–H groups in total. The van der Waals surface area contributed by atoms with Gasteiger partial charge in [-0.1, -0.05) is 0 Å². The van der Waals surface area contributed by atoms with E-state index in [9.17, 15) is 19.1 Å². The van der Waals surface area contributed by atoms with Crippen LogP contribution < -0.4 is 15.6 Å². The second-order valence-corrected chi connectivity index (χ2v) is 8.08. The number of ether oxygens (including phenoxy) is 1. The van der Waals surface area contributed by atoms with Gasteiger partial charge in [0, 0.05) is 30.7 Å². The predicted octanol–water partition coefficient (Wildman–Crippen LogP) is 1.84. The summed E-state index contributed by atoms with van der Waals surface area (Å²) in [5, 5.41) is 14.8. The van der Waals surface area contributed by atoms with Crippen LogP contribution in [0.1, 0.15) is 16.1 Å². The highest BCUT2D eigenvalue weighted by molar-refractivity contribution is 7.16. The van der Waals surface area contributed by atoms with Crippen molar-refractivity contribution in [2.24, 2.45) is 0 Å². The molecule has 28 heavy (non-hydrogen) atoms. The molecular weight excluding hydrogens is 385 g/mol. The van der Waals surface area contributed by atoms with Crippen LogP contribution in [0.4, 0.5) is 10.1 Å². The van der Waals surface area contributed by atoms with Gasteiger partial charge in [0.2, 0.25) is 5.43 Å². The summed E-state index contributed by atoms with van der Waals surface area (Å²) < 4.78 is 22.5. The standard InChI is InChI=1S/C19H18FN3O4S/c1-9-8-28-18-16(19(25)26)17(24)10-4-11(20)14(5-13(10)23(9)18)22-6-12-15(7-22)27-3-2-21-12/h4-5,8,12,15,21H,2-3,6-7H2,1H3,(H,25,26)/t12-,15+/m0/s1. The summed E-state index contributed by atoms with van der Waals surface area (Å²) in [6, 6.07) is 2.96. The highest BCUT2D eigenvalue weighted by atomic mass is 32.1. The minimum absolute atomic E-state index is 0.00357. The molecule has 3 aromatic rings. The predicted molar refractivity (Wildman–Crippen MR) is 104 cm³/mol. The number of nitrogens with one attached hydrogen (secondary N) is 1. The SMILES string of the molecule is Cc1csc2c(C(=O)O)c(=O)c3cc(F)c(N4C[C@@H]5NCCO[C@@H]5C4)cc3n12. The van der Waals surface area contributed by atoms with Crippen molar-refractivity contribution in [1.29, 1.82) is 0 Å². The molecule has 0 aliphatic carbocycles. The first-order valence-electron chi connectivity index (χ1n) is 9.05. The Labute approximate surface area is 162 Å². The van der Waals surface area contributed by atoms with E-state index in [0.717, 1.165) is 12.2 Å². The van der Waals surface area contributed by atoms with Crippen LogP contribution in [0.5, 0.6) is 0 Å². The number of aromatic nitrogens is 1. The van der Waals surface area contributed by atoms with Crippen molar-refractivity contribution in [1.82, 2.24) is 9.72 Å². The molecule has 0 spiro atoms. The number of fused-ring (bicyclic) bond motifs is 4. The summed E-state index contributed by atoms with van der Waals surface area (Å²) in [6.07, 6.45) is 0.00357. The summed E-state index contributed by atoms with van der Waals surface area (Å²) in [5.41, 5.74) is 0.737. The lowest BCUT2D eigenvalue weighted by atomic mass is 10.1. The highest BCUT2D eigenvalue weighted by Gasteiger charge is 2.36. The van der Waals surface area contributed by atoms with Gasteiger partial charge in [0.1, 0.15) is 16.2 Å². The number of nitrogens with zero attached hydrogens (tertiary/aromatic N) is 2. The van der Waals surface area contributed by atoms with E-state index < -0.39 is 17.2 Å². The van der Waals surface area contributed by atoms with Gasteiger partial charge in [-0.25, -0.2) is 9.18 Å². The Morgan fingerprint density at radius 2 is 2.21 bits per heavy atom. The number of benzene rings is 1. The molecule has 0 amide bonds. The van der Waals surface area contributed by atoms with Crippen molar-refractivity contribution in [3.8, 4) is 0 Å². The van der Waals surface area contributed by atoms with E-state index in [1.165, 1.54) is 17.4 Å². The van der Waals surface area contributed by atoms with Gasteiger partial charge in [-0.3, -0.25) is 4.79 Å². The first kappa shape index (κ1) is 17.6. The molecule has 2 saturated heterocycles. The van der Waals surface area contributed by atoms with Crippen LogP contribution in [0, 0.1) is 12.7 Å². The lowest BCUT2D eigenvalue weighted by Gasteiger charge is -2.25. The number of hydrogen-bond donors (Lipinski definition) is 2. The van der Waals surface area contributed by atoms with Crippen molar-refractivity contribution >= 4 is 38.7 Å². The minimum atomic E-state index is -1.30. The number of thiazole rings is 1. The third-order valence-corrected chi connectivity index (χ3v) is 6.62. The van der Waals surface area contributed by atoms with Crippen LogP contribution >= 0.6 is 11.3 Å². The van der Waals surface area contributed by atoms with Crippen molar-refractivity contribution < 1.29 is 19.0 Å². The molecule has 2 aliphatic heterocycles. The molecule has 4 heterocycles. The van der Waals surface area contributed by atoms with Gasteiger partial charge in [-0.15, -0.1) is 11.3 Å². The summed E-state index contributed by atoms with van der Waals surface area (Å²) in [6.45, 7) is 4.42. The van der Waals surface area contributed by atoms with Crippen molar-refractivity contribution in [2.45, 2.75) is 19.1 Å². The molecular formula is C19H18FN3O4S. The van der Waals surface area contributed by atoms with E-state index in [1.54, 1.807) is 15.8 Å². The quantitative estimate of drug-likeness (QED) is 0.680. The molecule has 9 heteroatoms. The summed E-state index contributed by atoms with van der Waals surface area (Å²) in [4.78, 5) is 26.7. The Kier molecular flexibility index (Phi) is 3.94.